The molecule has 1 saturated heterocycles. The summed E-state index contributed by atoms with van der Waals surface area (Å²) in [7, 11) is 0. The number of alkyl halides is 1. The van der Waals surface area contributed by atoms with Crippen molar-refractivity contribution in [3.8, 4) is 0 Å². The van der Waals surface area contributed by atoms with Crippen LogP contribution in [0.3, 0.4) is 0 Å². The molecule has 1 fully saturated rings. The molecule has 0 aromatic carbocycles. The van der Waals surface area contributed by atoms with Crippen molar-refractivity contribution >= 4 is 28.9 Å². The van der Waals surface area contributed by atoms with Gasteiger partial charge < -0.3 is 40.7 Å². The van der Waals surface area contributed by atoms with Gasteiger partial charge in [-0.3, -0.25) is 0 Å². The van der Waals surface area contributed by atoms with E-state index in [4.69, 9.17) is 22.1 Å². The standard InChI is InChI=1S/C13H20ClN5O5/c14-1-6(21)2-18-5-19(12-8(18)11(15)16-4-17-12)13-10(23)9(22)7(3-20)24-13/h4,6-7,9-10,13,20-23H,1-3,5H2,(H2,15,16,17)/t6?,7-,9?,10?,13-/m1/s1. The van der Waals surface area contributed by atoms with Gasteiger partial charge >= 0.3 is 0 Å². The van der Waals surface area contributed by atoms with Crippen LogP contribution < -0.4 is 15.5 Å². The van der Waals surface area contributed by atoms with Gasteiger partial charge in [-0.15, -0.1) is 11.6 Å². The molecule has 10 nitrogen and oxygen atoms in total. The molecule has 5 atom stereocenters. The number of nitrogens with zero attached hydrogens (tertiary/aromatic N) is 4. The van der Waals surface area contributed by atoms with Gasteiger partial charge in [-0.2, -0.15) is 0 Å². The second-order valence-electron chi connectivity index (χ2n) is 5.80. The van der Waals surface area contributed by atoms with E-state index >= 15 is 0 Å². The van der Waals surface area contributed by atoms with Gasteiger partial charge in [-0.1, -0.05) is 0 Å². The minimum atomic E-state index is -1.23. The van der Waals surface area contributed by atoms with Crippen molar-refractivity contribution < 1.29 is 25.2 Å². The zero-order valence-electron chi connectivity index (χ0n) is 12.7. The van der Waals surface area contributed by atoms with Crippen LogP contribution in [0.1, 0.15) is 0 Å². The molecule has 0 saturated carbocycles. The highest BCUT2D eigenvalue weighted by Gasteiger charge is 2.48. The van der Waals surface area contributed by atoms with Crippen LogP contribution in [0.4, 0.5) is 17.3 Å². The van der Waals surface area contributed by atoms with Crippen LogP contribution in [0.2, 0.25) is 0 Å². The second-order valence-corrected chi connectivity index (χ2v) is 6.11. The zero-order chi connectivity index (χ0) is 17.4. The van der Waals surface area contributed by atoms with E-state index in [1.807, 2.05) is 0 Å². The van der Waals surface area contributed by atoms with E-state index < -0.39 is 37.3 Å². The van der Waals surface area contributed by atoms with Crippen molar-refractivity contribution in [3.63, 3.8) is 0 Å². The maximum atomic E-state index is 10.2. The first-order valence-electron chi connectivity index (χ1n) is 7.46. The lowest BCUT2D eigenvalue weighted by molar-refractivity contribution is -0.0222. The summed E-state index contributed by atoms with van der Waals surface area (Å²) >= 11 is 5.66. The highest BCUT2D eigenvalue weighted by molar-refractivity contribution is 6.18. The summed E-state index contributed by atoms with van der Waals surface area (Å²) in [6, 6.07) is 0. The van der Waals surface area contributed by atoms with Gasteiger partial charge in [0.15, 0.2) is 17.9 Å². The van der Waals surface area contributed by atoms with E-state index in [-0.39, 0.29) is 24.9 Å². The van der Waals surface area contributed by atoms with Crippen LogP contribution >= 0.6 is 11.6 Å². The molecule has 3 rings (SSSR count). The van der Waals surface area contributed by atoms with Crippen LogP contribution in [0.25, 0.3) is 0 Å². The van der Waals surface area contributed by atoms with Crippen LogP contribution in [0.5, 0.6) is 0 Å². The van der Waals surface area contributed by atoms with Crippen LogP contribution in [-0.2, 0) is 4.74 Å². The second kappa shape index (κ2) is 6.82. The Morgan fingerprint density at radius 3 is 2.75 bits per heavy atom. The molecule has 24 heavy (non-hydrogen) atoms. The number of aromatic nitrogens is 2. The average molecular weight is 362 g/mol. The minimum absolute atomic E-state index is 0.0489. The number of hydrogen-bond acceptors (Lipinski definition) is 10. The maximum absolute atomic E-state index is 10.2. The van der Waals surface area contributed by atoms with E-state index in [0.29, 0.717) is 11.5 Å². The summed E-state index contributed by atoms with van der Waals surface area (Å²) in [5.41, 5.74) is 6.43. The highest BCUT2D eigenvalue weighted by Crippen LogP contribution is 2.41. The smallest absolute Gasteiger partial charge is 0.162 e. The summed E-state index contributed by atoms with van der Waals surface area (Å²) < 4.78 is 5.55. The molecule has 3 unspecified atom stereocenters. The first kappa shape index (κ1) is 17.4. The van der Waals surface area contributed by atoms with Gasteiger partial charge in [0.25, 0.3) is 0 Å². The summed E-state index contributed by atoms with van der Waals surface area (Å²) in [6.45, 7) is -0.0197. The van der Waals surface area contributed by atoms with Crippen molar-refractivity contribution in [2.24, 2.45) is 0 Å². The Labute approximate surface area is 143 Å². The predicted molar refractivity (Wildman–Crippen MR) is 85.6 cm³/mol. The molecule has 6 N–H and O–H groups in total. The molecule has 134 valence electrons. The first-order chi connectivity index (χ1) is 11.5. The fourth-order valence-electron chi connectivity index (χ4n) is 3.01. The Morgan fingerprint density at radius 1 is 1.38 bits per heavy atom. The third kappa shape index (κ3) is 2.85. The van der Waals surface area contributed by atoms with E-state index in [1.54, 1.807) is 9.80 Å². The van der Waals surface area contributed by atoms with E-state index in [1.165, 1.54) is 6.33 Å². The van der Waals surface area contributed by atoms with Crippen molar-refractivity contribution in [2.75, 3.05) is 41.2 Å². The van der Waals surface area contributed by atoms with Gasteiger partial charge in [0.1, 0.15) is 30.3 Å². The topological polar surface area (TPSA) is 148 Å². The number of fused-ring (bicyclic) bond motifs is 1. The molecule has 0 amide bonds. The first-order valence-corrected chi connectivity index (χ1v) is 8.00. The SMILES string of the molecule is Nc1ncnc2c1N(CC(O)CCl)CN2[C@@H]1O[C@H](CO)C(O)C1O. The molecule has 1 aromatic heterocycles. The van der Waals surface area contributed by atoms with Gasteiger partial charge in [0.05, 0.1) is 25.3 Å². The van der Waals surface area contributed by atoms with E-state index in [9.17, 15) is 20.4 Å². The largest absolute Gasteiger partial charge is 0.394 e. The lowest BCUT2D eigenvalue weighted by Crippen LogP contribution is -2.47. The molecular weight excluding hydrogens is 342 g/mol. The molecule has 1 aromatic rings. The maximum Gasteiger partial charge on any atom is 0.162 e. The Morgan fingerprint density at radius 2 is 2.12 bits per heavy atom. The normalized spacial score (nSPS) is 30.7. The summed E-state index contributed by atoms with van der Waals surface area (Å²) in [4.78, 5) is 11.5. The fraction of sp³-hybridized carbons (Fsp3) is 0.692. The molecule has 0 spiro atoms. The Kier molecular flexibility index (Phi) is 4.95. The average Bonchev–Trinajstić information content (AvgIpc) is 3.07. The van der Waals surface area contributed by atoms with Crippen LogP contribution in [-0.4, -0.2) is 86.7 Å². The van der Waals surface area contributed by atoms with Crippen LogP contribution in [0, 0.1) is 0 Å². The number of aliphatic hydroxyl groups is 4. The quantitative estimate of drug-likeness (QED) is 0.362. The third-order valence-corrected chi connectivity index (χ3v) is 4.53. The Hall–Kier alpha value is -1.43. The number of hydrogen-bond donors (Lipinski definition) is 5. The lowest BCUT2D eigenvalue weighted by Gasteiger charge is -2.28. The molecule has 0 aliphatic carbocycles. The van der Waals surface area contributed by atoms with E-state index in [0.717, 1.165) is 0 Å². The number of nitrogens with two attached hydrogens (primary N) is 1. The Balaban J connectivity index is 1.90. The van der Waals surface area contributed by atoms with Crippen molar-refractivity contribution in [2.45, 2.75) is 30.6 Å². The number of nitrogen functional groups attached to an aromatic ring is 1. The van der Waals surface area contributed by atoms with Gasteiger partial charge in [-0.05, 0) is 0 Å². The van der Waals surface area contributed by atoms with Gasteiger partial charge in [0, 0.05) is 6.54 Å². The molecule has 2 aliphatic rings. The Bertz CT molecular complexity index is 596. The fourth-order valence-corrected chi connectivity index (χ4v) is 3.11. The summed E-state index contributed by atoms with van der Waals surface area (Å²) in [5.74, 6) is 0.683. The van der Waals surface area contributed by atoms with Crippen molar-refractivity contribution in [1.82, 2.24) is 9.97 Å². The van der Waals surface area contributed by atoms with Crippen LogP contribution in [0.15, 0.2) is 6.33 Å². The third-order valence-electron chi connectivity index (χ3n) is 4.18. The molecule has 0 radical (unpaired) electrons. The molecule has 2 aliphatic heterocycles. The summed E-state index contributed by atoms with van der Waals surface area (Å²) in [5, 5.41) is 39.3. The molecular formula is C13H20ClN5O5. The van der Waals surface area contributed by atoms with E-state index in [2.05, 4.69) is 9.97 Å². The number of ether oxygens (including phenoxy) is 1. The summed E-state index contributed by atoms with van der Waals surface area (Å²) in [6.07, 6.45) is -3.76. The lowest BCUT2D eigenvalue weighted by atomic mass is 10.1. The number of rotatable bonds is 5. The van der Waals surface area contributed by atoms with Crippen molar-refractivity contribution in [1.29, 1.82) is 0 Å². The minimum Gasteiger partial charge on any atom is -0.394 e. The highest BCUT2D eigenvalue weighted by atomic mass is 35.5. The predicted octanol–water partition coefficient (Wildman–Crippen LogP) is -2.32. The van der Waals surface area contributed by atoms with Gasteiger partial charge in [-0.25, -0.2) is 9.97 Å². The number of β-amino-alcohol motifs (C(OH)–C–C–N with tert-alkyl or cyclic N) is 1. The van der Waals surface area contributed by atoms with Crippen molar-refractivity contribution in [3.05, 3.63) is 6.33 Å². The zero-order valence-corrected chi connectivity index (χ0v) is 13.5. The number of aliphatic hydroxyl groups excluding tert-OH is 4. The molecule has 3 heterocycles. The number of halogens is 1. The monoisotopic (exact) mass is 361 g/mol. The van der Waals surface area contributed by atoms with Gasteiger partial charge in [0.2, 0.25) is 0 Å². The molecule has 0 bridgehead atoms. The number of anilines is 3. The molecule has 11 heteroatoms.